The fourth-order valence-corrected chi connectivity index (χ4v) is 2.94. The highest BCUT2D eigenvalue weighted by atomic mass is 32.2. The second kappa shape index (κ2) is 5.98. The van der Waals surface area contributed by atoms with E-state index < -0.39 is 9.84 Å². The van der Waals surface area contributed by atoms with Crippen molar-refractivity contribution in [2.45, 2.75) is 38.5 Å². The van der Waals surface area contributed by atoms with E-state index in [2.05, 4.69) is 17.1 Å². The Balaban J connectivity index is 2.47. The number of nitrogens with one attached hydrogen (secondary N) is 1. The van der Waals surface area contributed by atoms with Gasteiger partial charge in [0.25, 0.3) is 0 Å². The molecule has 0 aromatic heterocycles. The monoisotopic (exact) mass is 248 g/mol. The van der Waals surface area contributed by atoms with Gasteiger partial charge in [0.2, 0.25) is 0 Å². The molecule has 1 aliphatic heterocycles. The van der Waals surface area contributed by atoms with E-state index in [1.807, 2.05) is 0 Å². The molecule has 4 nitrogen and oxygen atoms in total. The molecule has 0 spiro atoms. The molecule has 5 heteroatoms. The summed E-state index contributed by atoms with van der Waals surface area (Å²) < 4.78 is 23.5. The number of rotatable bonds is 5. The van der Waals surface area contributed by atoms with Crippen LogP contribution in [0.1, 0.15) is 27.2 Å². The Morgan fingerprint density at radius 1 is 1.44 bits per heavy atom. The Labute approximate surface area is 99.3 Å². The zero-order valence-electron chi connectivity index (χ0n) is 10.6. The van der Waals surface area contributed by atoms with Crippen molar-refractivity contribution < 1.29 is 8.42 Å². The van der Waals surface area contributed by atoms with E-state index >= 15 is 0 Å². The largest absolute Gasteiger partial charge is 0.314 e. The van der Waals surface area contributed by atoms with E-state index in [-0.39, 0.29) is 5.25 Å². The van der Waals surface area contributed by atoms with Gasteiger partial charge in [-0.2, -0.15) is 0 Å². The van der Waals surface area contributed by atoms with E-state index in [0.29, 0.717) is 18.3 Å². The van der Waals surface area contributed by atoms with Crippen molar-refractivity contribution in [1.29, 1.82) is 0 Å². The van der Waals surface area contributed by atoms with Gasteiger partial charge in [-0.1, -0.05) is 6.92 Å². The summed E-state index contributed by atoms with van der Waals surface area (Å²) in [6, 6.07) is 0.496. The van der Waals surface area contributed by atoms with Crippen LogP contribution in [0.25, 0.3) is 0 Å². The van der Waals surface area contributed by atoms with Gasteiger partial charge in [-0.15, -0.1) is 0 Å². The predicted octanol–water partition coefficient (Wildman–Crippen LogP) is 0.493. The van der Waals surface area contributed by atoms with Gasteiger partial charge in [0.05, 0.1) is 11.0 Å². The molecule has 1 atom stereocenters. The lowest BCUT2D eigenvalue weighted by molar-refractivity contribution is 0.166. The number of piperazine rings is 1. The van der Waals surface area contributed by atoms with Gasteiger partial charge in [0.15, 0.2) is 9.84 Å². The summed E-state index contributed by atoms with van der Waals surface area (Å²) in [6.45, 7) is 9.26. The molecule has 0 saturated carbocycles. The molecule has 1 aliphatic rings. The molecule has 0 aromatic rings. The molecule has 1 fully saturated rings. The molecule has 1 N–H and O–H groups in total. The van der Waals surface area contributed by atoms with Crippen molar-refractivity contribution in [3.8, 4) is 0 Å². The normalized spacial score (nSPS) is 23.9. The Bertz CT molecular complexity index is 301. The van der Waals surface area contributed by atoms with Gasteiger partial charge in [0.1, 0.15) is 0 Å². The molecule has 96 valence electrons. The minimum Gasteiger partial charge on any atom is -0.314 e. The first kappa shape index (κ1) is 13.9. The molecular formula is C11H24N2O2S. The lowest BCUT2D eigenvalue weighted by Crippen LogP contribution is -2.52. The first-order valence-electron chi connectivity index (χ1n) is 6.13. The molecule has 0 radical (unpaired) electrons. The highest BCUT2D eigenvalue weighted by molar-refractivity contribution is 7.92. The second-order valence-electron chi connectivity index (χ2n) is 4.72. The summed E-state index contributed by atoms with van der Waals surface area (Å²) in [7, 11) is -2.89. The lowest BCUT2D eigenvalue weighted by Gasteiger charge is -2.35. The Morgan fingerprint density at radius 2 is 2.12 bits per heavy atom. The summed E-state index contributed by atoms with van der Waals surface area (Å²) >= 11 is 0. The predicted molar refractivity (Wildman–Crippen MR) is 67.4 cm³/mol. The molecule has 16 heavy (non-hydrogen) atoms. The van der Waals surface area contributed by atoms with Crippen LogP contribution in [0.5, 0.6) is 0 Å². The molecule has 0 bridgehead atoms. The van der Waals surface area contributed by atoms with Crippen LogP contribution < -0.4 is 5.32 Å². The van der Waals surface area contributed by atoms with Gasteiger partial charge in [-0.25, -0.2) is 8.42 Å². The van der Waals surface area contributed by atoms with Crippen LogP contribution in [0.2, 0.25) is 0 Å². The average molecular weight is 248 g/mol. The molecular weight excluding hydrogens is 224 g/mol. The number of sulfone groups is 1. The summed E-state index contributed by atoms with van der Waals surface area (Å²) in [6.07, 6.45) is 1.08. The van der Waals surface area contributed by atoms with Crippen LogP contribution in [0.15, 0.2) is 0 Å². The van der Waals surface area contributed by atoms with Crippen molar-refractivity contribution in [2.24, 2.45) is 0 Å². The Morgan fingerprint density at radius 3 is 2.69 bits per heavy atom. The van der Waals surface area contributed by atoms with Gasteiger partial charge >= 0.3 is 0 Å². The number of hydrogen-bond donors (Lipinski definition) is 1. The first-order chi connectivity index (χ1) is 7.47. The minimum absolute atomic E-state index is 0.254. The number of nitrogens with zero attached hydrogens (tertiary/aromatic N) is 1. The van der Waals surface area contributed by atoms with Crippen molar-refractivity contribution >= 4 is 9.84 Å². The van der Waals surface area contributed by atoms with Crippen molar-refractivity contribution in [1.82, 2.24) is 10.2 Å². The minimum atomic E-state index is -2.89. The third kappa shape index (κ3) is 3.71. The first-order valence-corrected chi connectivity index (χ1v) is 7.85. The molecule has 0 aromatic carbocycles. The molecule has 0 amide bonds. The van der Waals surface area contributed by atoms with Crippen LogP contribution in [0.4, 0.5) is 0 Å². The maximum atomic E-state index is 11.7. The summed E-state index contributed by atoms with van der Waals surface area (Å²) in [4.78, 5) is 2.30. The molecule has 1 heterocycles. The van der Waals surface area contributed by atoms with Crippen LogP contribution >= 0.6 is 0 Å². The van der Waals surface area contributed by atoms with E-state index in [0.717, 1.165) is 26.1 Å². The zero-order chi connectivity index (χ0) is 12.2. The van der Waals surface area contributed by atoms with Crippen LogP contribution in [-0.4, -0.2) is 56.5 Å². The van der Waals surface area contributed by atoms with Crippen molar-refractivity contribution in [2.75, 3.05) is 31.9 Å². The van der Waals surface area contributed by atoms with E-state index in [9.17, 15) is 8.42 Å². The molecule has 1 rings (SSSR count). The Hall–Kier alpha value is -0.130. The van der Waals surface area contributed by atoms with Gasteiger partial charge in [-0.3, -0.25) is 4.90 Å². The van der Waals surface area contributed by atoms with E-state index in [4.69, 9.17) is 0 Å². The quantitative estimate of drug-likeness (QED) is 0.769. The second-order valence-corrected chi connectivity index (χ2v) is 7.39. The maximum Gasteiger partial charge on any atom is 0.153 e. The highest BCUT2D eigenvalue weighted by Crippen LogP contribution is 2.08. The van der Waals surface area contributed by atoms with Gasteiger partial charge in [0, 0.05) is 32.2 Å². The standard InChI is InChI=1S/C11H24N2O2S/c1-4-11-9-12-5-6-13(11)7-8-16(14,15)10(2)3/h10-12H,4-9H2,1-3H3. The van der Waals surface area contributed by atoms with Crippen LogP contribution in [0.3, 0.4) is 0 Å². The molecule has 1 saturated heterocycles. The summed E-state index contributed by atoms with van der Waals surface area (Å²) in [5.74, 6) is 0.293. The summed E-state index contributed by atoms with van der Waals surface area (Å²) in [5.41, 5.74) is 0. The van der Waals surface area contributed by atoms with Gasteiger partial charge < -0.3 is 5.32 Å². The van der Waals surface area contributed by atoms with Crippen LogP contribution in [0, 0.1) is 0 Å². The smallest absolute Gasteiger partial charge is 0.153 e. The molecule has 1 unspecified atom stereocenters. The molecule has 0 aliphatic carbocycles. The van der Waals surface area contributed by atoms with Crippen LogP contribution in [-0.2, 0) is 9.84 Å². The third-order valence-electron chi connectivity index (χ3n) is 3.32. The number of hydrogen-bond acceptors (Lipinski definition) is 4. The SMILES string of the molecule is CCC1CNCCN1CCS(=O)(=O)C(C)C. The fraction of sp³-hybridized carbons (Fsp3) is 1.00. The van der Waals surface area contributed by atoms with E-state index in [1.165, 1.54) is 0 Å². The van der Waals surface area contributed by atoms with Crippen molar-refractivity contribution in [3.63, 3.8) is 0 Å². The Kier molecular flexibility index (Phi) is 5.21. The topological polar surface area (TPSA) is 49.4 Å². The highest BCUT2D eigenvalue weighted by Gasteiger charge is 2.23. The van der Waals surface area contributed by atoms with Crippen molar-refractivity contribution in [3.05, 3.63) is 0 Å². The average Bonchev–Trinajstić information content (AvgIpc) is 2.26. The van der Waals surface area contributed by atoms with E-state index in [1.54, 1.807) is 13.8 Å². The maximum absolute atomic E-state index is 11.7. The summed E-state index contributed by atoms with van der Waals surface area (Å²) in [5, 5.41) is 3.09. The fourth-order valence-electron chi connectivity index (χ4n) is 1.98. The third-order valence-corrected chi connectivity index (χ3v) is 5.51. The van der Waals surface area contributed by atoms with Gasteiger partial charge in [-0.05, 0) is 20.3 Å². The lowest BCUT2D eigenvalue weighted by atomic mass is 10.1. The zero-order valence-corrected chi connectivity index (χ0v) is 11.4.